The molecule has 78 valence electrons. The molecular weight excluding hydrogens is 182 g/mol. The molecule has 13 heavy (non-hydrogen) atoms. The summed E-state index contributed by atoms with van der Waals surface area (Å²) in [5.41, 5.74) is 0. The van der Waals surface area contributed by atoms with Crippen molar-refractivity contribution < 1.29 is 5.11 Å². The lowest BCUT2D eigenvalue weighted by Crippen LogP contribution is -2.33. The first-order chi connectivity index (χ1) is 6.38. The molecule has 0 radical (unpaired) electrons. The fourth-order valence-electron chi connectivity index (χ4n) is 1.91. The lowest BCUT2D eigenvalue weighted by molar-refractivity contribution is 0.159. The number of hydrogen-bond donors (Lipinski definition) is 1. The Bertz CT molecular complexity index is 132. The zero-order valence-electron chi connectivity index (χ0n) is 8.54. The molecule has 0 spiro atoms. The Morgan fingerprint density at radius 1 is 1.54 bits per heavy atom. The molecule has 0 aromatic heterocycles. The normalized spacial score (nSPS) is 24.0. The molecular formula is C10H21NOS. The lowest BCUT2D eigenvalue weighted by Gasteiger charge is -2.22. The molecule has 1 N–H and O–H groups in total. The van der Waals surface area contributed by atoms with Gasteiger partial charge in [0.05, 0.1) is 6.61 Å². The summed E-state index contributed by atoms with van der Waals surface area (Å²) in [4.78, 5) is 2.44. The molecule has 1 saturated heterocycles. The SMILES string of the molecule is CCSCCCN1CCCC1CO. The van der Waals surface area contributed by atoms with Crippen molar-refractivity contribution in [3.05, 3.63) is 0 Å². The van der Waals surface area contributed by atoms with Gasteiger partial charge in [-0.25, -0.2) is 0 Å². The quantitative estimate of drug-likeness (QED) is 0.663. The van der Waals surface area contributed by atoms with Crippen molar-refractivity contribution in [2.24, 2.45) is 0 Å². The number of likely N-dealkylation sites (tertiary alicyclic amines) is 1. The van der Waals surface area contributed by atoms with Crippen molar-refractivity contribution in [2.45, 2.75) is 32.2 Å². The van der Waals surface area contributed by atoms with Gasteiger partial charge in [-0.15, -0.1) is 0 Å². The summed E-state index contributed by atoms with van der Waals surface area (Å²) < 4.78 is 0. The monoisotopic (exact) mass is 203 g/mol. The highest BCUT2D eigenvalue weighted by atomic mass is 32.2. The molecule has 1 aliphatic rings. The van der Waals surface area contributed by atoms with Crippen molar-refractivity contribution in [2.75, 3.05) is 31.2 Å². The van der Waals surface area contributed by atoms with Crippen LogP contribution in [-0.2, 0) is 0 Å². The third-order valence-corrected chi connectivity index (χ3v) is 3.63. The maximum Gasteiger partial charge on any atom is 0.0586 e. The second-order valence-electron chi connectivity index (χ2n) is 3.57. The Hall–Kier alpha value is 0.270. The molecule has 0 aromatic rings. The summed E-state index contributed by atoms with van der Waals surface area (Å²) in [6, 6.07) is 0.464. The van der Waals surface area contributed by atoms with Gasteiger partial charge >= 0.3 is 0 Å². The predicted molar refractivity (Wildman–Crippen MR) is 59.3 cm³/mol. The average molecular weight is 203 g/mol. The fraction of sp³-hybridized carbons (Fsp3) is 1.00. The molecule has 0 aromatic carbocycles. The molecule has 0 aliphatic carbocycles. The Labute approximate surface area is 85.7 Å². The maximum absolute atomic E-state index is 9.09. The van der Waals surface area contributed by atoms with Gasteiger partial charge < -0.3 is 5.11 Å². The summed E-state index contributed by atoms with van der Waals surface area (Å²) in [6.45, 7) is 4.93. The summed E-state index contributed by atoms with van der Waals surface area (Å²) in [6.07, 6.45) is 3.73. The minimum atomic E-state index is 0.348. The first-order valence-corrected chi connectivity index (χ1v) is 6.46. The van der Waals surface area contributed by atoms with Crippen LogP contribution in [-0.4, -0.2) is 47.3 Å². The average Bonchev–Trinajstić information content (AvgIpc) is 2.60. The van der Waals surface area contributed by atoms with Gasteiger partial charge in [0, 0.05) is 6.04 Å². The van der Waals surface area contributed by atoms with E-state index in [4.69, 9.17) is 5.11 Å². The molecule has 1 rings (SSSR count). The zero-order valence-corrected chi connectivity index (χ0v) is 9.35. The van der Waals surface area contributed by atoms with Crippen LogP contribution in [0.1, 0.15) is 26.2 Å². The van der Waals surface area contributed by atoms with E-state index in [1.54, 1.807) is 0 Å². The number of rotatable bonds is 6. The topological polar surface area (TPSA) is 23.5 Å². The van der Waals surface area contributed by atoms with Gasteiger partial charge in [-0.3, -0.25) is 4.90 Å². The largest absolute Gasteiger partial charge is 0.395 e. The first kappa shape index (κ1) is 11.3. The third-order valence-electron chi connectivity index (χ3n) is 2.65. The Morgan fingerprint density at radius 2 is 2.38 bits per heavy atom. The summed E-state index contributed by atoms with van der Waals surface area (Å²) >= 11 is 2.01. The Balaban J connectivity index is 2.06. The minimum Gasteiger partial charge on any atom is -0.395 e. The Morgan fingerprint density at radius 3 is 3.08 bits per heavy atom. The van der Waals surface area contributed by atoms with Crippen LogP contribution >= 0.6 is 11.8 Å². The second kappa shape index (κ2) is 6.68. The third kappa shape index (κ3) is 3.88. The van der Waals surface area contributed by atoms with Gasteiger partial charge in [0.15, 0.2) is 0 Å². The van der Waals surface area contributed by atoms with E-state index in [1.165, 1.54) is 43.9 Å². The number of aliphatic hydroxyl groups excluding tert-OH is 1. The van der Waals surface area contributed by atoms with Crippen molar-refractivity contribution in [3.8, 4) is 0 Å². The molecule has 1 heterocycles. The lowest BCUT2D eigenvalue weighted by atomic mass is 10.2. The van der Waals surface area contributed by atoms with E-state index in [0.717, 1.165) is 0 Å². The van der Waals surface area contributed by atoms with Crippen LogP contribution in [0.2, 0.25) is 0 Å². The number of thioether (sulfide) groups is 1. The van der Waals surface area contributed by atoms with Crippen LogP contribution in [0.25, 0.3) is 0 Å². The minimum absolute atomic E-state index is 0.348. The van der Waals surface area contributed by atoms with Crippen LogP contribution in [0.15, 0.2) is 0 Å². The van der Waals surface area contributed by atoms with Crippen molar-refractivity contribution in [1.29, 1.82) is 0 Å². The van der Waals surface area contributed by atoms with Crippen LogP contribution in [0.4, 0.5) is 0 Å². The van der Waals surface area contributed by atoms with Crippen molar-refractivity contribution >= 4 is 11.8 Å². The highest BCUT2D eigenvalue weighted by Gasteiger charge is 2.22. The Kier molecular flexibility index (Phi) is 5.83. The predicted octanol–water partition coefficient (Wildman–Crippen LogP) is 1.59. The molecule has 1 unspecified atom stereocenters. The smallest absolute Gasteiger partial charge is 0.0586 e. The van der Waals surface area contributed by atoms with Crippen LogP contribution in [0.5, 0.6) is 0 Å². The molecule has 1 aliphatic heterocycles. The van der Waals surface area contributed by atoms with Gasteiger partial charge in [-0.1, -0.05) is 6.92 Å². The van der Waals surface area contributed by atoms with E-state index in [1.807, 2.05) is 11.8 Å². The van der Waals surface area contributed by atoms with Crippen molar-refractivity contribution in [1.82, 2.24) is 4.90 Å². The number of aliphatic hydroxyl groups is 1. The number of hydrogen-bond acceptors (Lipinski definition) is 3. The molecule has 3 heteroatoms. The summed E-state index contributed by atoms with van der Waals surface area (Å²) in [5, 5.41) is 9.09. The molecule has 0 saturated carbocycles. The highest BCUT2D eigenvalue weighted by molar-refractivity contribution is 7.99. The zero-order chi connectivity index (χ0) is 9.52. The second-order valence-corrected chi connectivity index (χ2v) is 4.96. The fourth-order valence-corrected chi connectivity index (χ4v) is 2.53. The maximum atomic E-state index is 9.09. The van der Waals surface area contributed by atoms with Crippen LogP contribution in [0, 0.1) is 0 Å². The van der Waals surface area contributed by atoms with E-state index in [9.17, 15) is 0 Å². The molecule has 0 bridgehead atoms. The standard InChI is InChI=1S/C10H21NOS/c1-2-13-8-4-7-11-6-3-5-10(11)9-12/h10,12H,2-9H2,1H3. The van der Waals surface area contributed by atoms with Gasteiger partial charge in [0.25, 0.3) is 0 Å². The molecule has 1 atom stereocenters. The molecule has 1 fully saturated rings. The summed E-state index contributed by atoms with van der Waals surface area (Å²) in [7, 11) is 0. The van der Waals surface area contributed by atoms with Crippen LogP contribution < -0.4 is 0 Å². The number of nitrogens with zero attached hydrogens (tertiary/aromatic N) is 1. The first-order valence-electron chi connectivity index (χ1n) is 5.31. The van der Waals surface area contributed by atoms with Gasteiger partial charge in [-0.2, -0.15) is 11.8 Å². The van der Waals surface area contributed by atoms with E-state index in [0.29, 0.717) is 12.6 Å². The van der Waals surface area contributed by atoms with E-state index in [-0.39, 0.29) is 0 Å². The van der Waals surface area contributed by atoms with E-state index < -0.39 is 0 Å². The molecule has 0 amide bonds. The molecule has 2 nitrogen and oxygen atoms in total. The van der Waals surface area contributed by atoms with Crippen molar-refractivity contribution in [3.63, 3.8) is 0 Å². The van der Waals surface area contributed by atoms with Crippen LogP contribution in [0.3, 0.4) is 0 Å². The van der Waals surface area contributed by atoms with Gasteiger partial charge in [0.1, 0.15) is 0 Å². The van der Waals surface area contributed by atoms with E-state index >= 15 is 0 Å². The summed E-state index contributed by atoms with van der Waals surface area (Å²) in [5.74, 6) is 2.49. The van der Waals surface area contributed by atoms with Gasteiger partial charge in [0.2, 0.25) is 0 Å². The van der Waals surface area contributed by atoms with Gasteiger partial charge in [-0.05, 0) is 43.9 Å². The van der Waals surface area contributed by atoms with E-state index in [2.05, 4.69) is 11.8 Å². The highest BCUT2D eigenvalue weighted by Crippen LogP contribution is 2.17.